The number of anilines is 1. The Morgan fingerprint density at radius 2 is 1.92 bits per heavy atom. The molecule has 3 unspecified atom stereocenters. The van der Waals surface area contributed by atoms with Gasteiger partial charge in [0.15, 0.2) is 0 Å². The van der Waals surface area contributed by atoms with Gasteiger partial charge < -0.3 is 5.32 Å². The van der Waals surface area contributed by atoms with Gasteiger partial charge in [-0.25, -0.2) is 4.31 Å². The minimum absolute atomic E-state index is 0.384. The highest BCUT2D eigenvalue weighted by Gasteiger charge is 2.38. The van der Waals surface area contributed by atoms with Crippen molar-refractivity contribution in [3.63, 3.8) is 0 Å². The Bertz CT molecular complexity index is 813. The third-order valence-corrected chi connectivity index (χ3v) is 7.23. The Labute approximate surface area is 162 Å². The van der Waals surface area contributed by atoms with Crippen LogP contribution in [0.15, 0.2) is 64.0 Å². The molecule has 1 fully saturated rings. The fourth-order valence-corrected chi connectivity index (χ4v) is 5.47. The molecule has 3 aliphatic rings. The number of nitrogens with zero attached hydrogens (tertiary/aromatic N) is 1. The number of allylic oxidation sites excluding steroid dienone is 2. The van der Waals surface area contributed by atoms with E-state index >= 15 is 0 Å². The van der Waals surface area contributed by atoms with Crippen molar-refractivity contribution in [1.82, 2.24) is 4.31 Å². The Kier molecular flexibility index (Phi) is 4.15. The first kappa shape index (κ1) is 16.0. The highest BCUT2D eigenvalue weighted by atomic mass is 79.9. The molecule has 2 heterocycles. The van der Waals surface area contributed by atoms with Crippen LogP contribution in [0, 0.1) is 5.92 Å². The molecule has 0 amide bonds. The lowest BCUT2D eigenvalue weighted by molar-refractivity contribution is 0.344. The molecule has 0 spiro atoms. The van der Waals surface area contributed by atoms with Gasteiger partial charge in [-0.3, -0.25) is 0 Å². The maximum atomic E-state index is 3.83. The summed E-state index contributed by atoms with van der Waals surface area (Å²) in [5, 5.41) is 3.83. The number of hydrogen-bond donors (Lipinski definition) is 1. The Hall–Kier alpha value is -1.23. The minimum atomic E-state index is 0.384. The molecule has 4 heteroatoms. The Morgan fingerprint density at radius 1 is 1.08 bits per heavy atom. The summed E-state index contributed by atoms with van der Waals surface area (Å²) in [4.78, 5) is 1.38. The highest BCUT2D eigenvalue weighted by molar-refractivity contribution is 9.10. The topological polar surface area (TPSA) is 15.3 Å². The molecular weight excluding hydrogens is 392 g/mol. The maximum absolute atomic E-state index is 3.83. The number of nitrogens with one attached hydrogen (secondary N) is 1. The first-order valence-electron chi connectivity index (χ1n) is 9.03. The van der Waals surface area contributed by atoms with E-state index in [1.54, 1.807) is 0 Å². The van der Waals surface area contributed by atoms with Gasteiger partial charge in [0.2, 0.25) is 0 Å². The SMILES string of the molecule is Brc1ccc(C2Nc3ccc(SN4CCC4)cc3C3C=CCC32)cc1. The van der Waals surface area contributed by atoms with Crippen molar-refractivity contribution in [2.24, 2.45) is 5.92 Å². The average molecular weight is 413 g/mol. The lowest BCUT2D eigenvalue weighted by Gasteiger charge is -2.38. The van der Waals surface area contributed by atoms with Crippen LogP contribution >= 0.6 is 27.9 Å². The summed E-state index contributed by atoms with van der Waals surface area (Å²) >= 11 is 5.46. The molecule has 0 radical (unpaired) electrons. The van der Waals surface area contributed by atoms with E-state index in [1.807, 2.05) is 11.9 Å². The van der Waals surface area contributed by atoms with Gasteiger partial charge in [0, 0.05) is 34.1 Å². The molecule has 25 heavy (non-hydrogen) atoms. The minimum Gasteiger partial charge on any atom is -0.378 e. The molecule has 1 aliphatic carbocycles. The first-order chi connectivity index (χ1) is 12.3. The molecule has 2 nitrogen and oxygen atoms in total. The Balaban J connectivity index is 1.47. The van der Waals surface area contributed by atoms with Crippen LogP contribution in [0.25, 0.3) is 0 Å². The van der Waals surface area contributed by atoms with Gasteiger partial charge in [-0.15, -0.1) is 0 Å². The lowest BCUT2D eigenvalue weighted by Crippen LogP contribution is -2.31. The van der Waals surface area contributed by atoms with Gasteiger partial charge in [-0.05, 0) is 72.2 Å². The van der Waals surface area contributed by atoms with E-state index < -0.39 is 0 Å². The summed E-state index contributed by atoms with van der Waals surface area (Å²) < 4.78 is 3.59. The molecule has 5 rings (SSSR count). The zero-order chi connectivity index (χ0) is 16.8. The molecule has 128 valence electrons. The van der Waals surface area contributed by atoms with Crippen molar-refractivity contribution in [2.45, 2.75) is 29.7 Å². The third kappa shape index (κ3) is 2.94. The van der Waals surface area contributed by atoms with E-state index in [0.717, 1.165) is 10.9 Å². The monoisotopic (exact) mass is 412 g/mol. The third-order valence-electron chi connectivity index (χ3n) is 5.61. The maximum Gasteiger partial charge on any atom is 0.0553 e. The lowest BCUT2D eigenvalue weighted by atomic mass is 9.77. The molecule has 1 saturated heterocycles. The number of fused-ring (bicyclic) bond motifs is 3. The van der Waals surface area contributed by atoms with E-state index in [2.05, 4.69) is 80.2 Å². The average Bonchev–Trinajstić information content (AvgIpc) is 3.08. The Morgan fingerprint density at radius 3 is 2.68 bits per heavy atom. The van der Waals surface area contributed by atoms with E-state index in [9.17, 15) is 0 Å². The molecule has 2 aromatic rings. The second kappa shape index (κ2) is 6.49. The molecule has 0 saturated carbocycles. The molecule has 0 bridgehead atoms. The van der Waals surface area contributed by atoms with Crippen LogP contribution in [-0.4, -0.2) is 17.4 Å². The van der Waals surface area contributed by atoms with Crippen LogP contribution in [0.4, 0.5) is 5.69 Å². The number of halogens is 1. The van der Waals surface area contributed by atoms with Crippen LogP contribution in [-0.2, 0) is 0 Å². The second-order valence-corrected chi connectivity index (χ2v) is 9.24. The first-order valence-corrected chi connectivity index (χ1v) is 10.6. The van der Waals surface area contributed by atoms with Gasteiger partial charge >= 0.3 is 0 Å². The summed E-state index contributed by atoms with van der Waals surface area (Å²) in [6.07, 6.45) is 7.28. The van der Waals surface area contributed by atoms with E-state index in [1.165, 1.54) is 41.2 Å². The predicted octanol–water partition coefficient (Wildman–Crippen LogP) is 5.99. The standard InChI is InChI=1S/C21H21BrN2S/c22-15-7-5-14(6-8-15)21-18-4-1-3-17(18)19-13-16(9-10-20(19)23-21)25-24-11-2-12-24/h1,3,5-10,13,17-18,21,23H,2,4,11-12H2. The summed E-state index contributed by atoms with van der Waals surface area (Å²) in [6.45, 7) is 2.44. The van der Waals surface area contributed by atoms with Gasteiger partial charge in [-0.2, -0.15) is 0 Å². The van der Waals surface area contributed by atoms with Crippen molar-refractivity contribution in [2.75, 3.05) is 18.4 Å². The molecule has 0 aromatic heterocycles. The molecule has 2 aromatic carbocycles. The predicted molar refractivity (Wildman–Crippen MR) is 109 cm³/mol. The summed E-state index contributed by atoms with van der Waals surface area (Å²) in [7, 11) is 0. The zero-order valence-corrected chi connectivity index (χ0v) is 16.4. The van der Waals surface area contributed by atoms with Crippen LogP contribution in [0.1, 0.15) is 35.9 Å². The summed E-state index contributed by atoms with van der Waals surface area (Å²) in [5.74, 6) is 1.14. The van der Waals surface area contributed by atoms with Gasteiger partial charge in [0.25, 0.3) is 0 Å². The van der Waals surface area contributed by atoms with Crippen molar-refractivity contribution in [3.8, 4) is 0 Å². The van der Waals surface area contributed by atoms with Gasteiger partial charge in [0.1, 0.15) is 0 Å². The fraction of sp³-hybridized carbons (Fsp3) is 0.333. The van der Waals surface area contributed by atoms with Crippen LogP contribution in [0.2, 0.25) is 0 Å². The molecular formula is C21H21BrN2S. The van der Waals surface area contributed by atoms with Crippen molar-refractivity contribution in [1.29, 1.82) is 0 Å². The van der Waals surface area contributed by atoms with Crippen LogP contribution in [0.5, 0.6) is 0 Å². The van der Waals surface area contributed by atoms with Gasteiger partial charge in [-0.1, -0.05) is 40.2 Å². The van der Waals surface area contributed by atoms with Gasteiger partial charge in [0.05, 0.1) is 6.04 Å². The van der Waals surface area contributed by atoms with Crippen molar-refractivity contribution >= 4 is 33.6 Å². The molecule has 3 atom stereocenters. The number of hydrogen-bond acceptors (Lipinski definition) is 3. The van der Waals surface area contributed by atoms with E-state index in [-0.39, 0.29) is 0 Å². The normalized spacial score (nSPS) is 27.3. The molecule has 1 N–H and O–H groups in total. The van der Waals surface area contributed by atoms with E-state index in [4.69, 9.17) is 0 Å². The number of rotatable bonds is 3. The quantitative estimate of drug-likeness (QED) is 0.492. The number of benzene rings is 2. The van der Waals surface area contributed by atoms with E-state index in [0.29, 0.717) is 17.9 Å². The fourth-order valence-electron chi connectivity index (χ4n) is 4.16. The summed E-state index contributed by atoms with van der Waals surface area (Å²) in [5.41, 5.74) is 4.15. The van der Waals surface area contributed by atoms with Crippen molar-refractivity contribution in [3.05, 3.63) is 70.2 Å². The second-order valence-electron chi connectivity index (χ2n) is 7.15. The zero-order valence-electron chi connectivity index (χ0n) is 14.0. The van der Waals surface area contributed by atoms with Crippen molar-refractivity contribution < 1.29 is 0 Å². The highest BCUT2D eigenvalue weighted by Crippen LogP contribution is 2.50. The van der Waals surface area contributed by atoms with Crippen LogP contribution < -0.4 is 5.32 Å². The smallest absolute Gasteiger partial charge is 0.0553 e. The summed E-state index contributed by atoms with van der Waals surface area (Å²) in [6, 6.07) is 16.1. The molecule has 2 aliphatic heterocycles. The van der Waals surface area contributed by atoms with Crippen LogP contribution in [0.3, 0.4) is 0 Å². The largest absolute Gasteiger partial charge is 0.378 e.